The Labute approximate surface area is 102 Å². The third-order valence-corrected chi connectivity index (χ3v) is 2.16. The van der Waals surface area contributed by atoms with Gasteiger partial charge in [-0.05, 0) is 18.6 Å². The van der Waals surface area contributed by atoms with E-state index in [-0.39, 0.29) is 24.8 Å². The van der Waals surface area contributed by atoms with Crippen LogP contribution in [0.3, 0.4) is 0 Å². The first-order chi connectivity index (χ1) is 6.31. The predicted octanol–water partition coefficient (Wildman–Crippen LogP) is 2.85. The molecule has 1 aromatic heterocycles. The van der Waals surface area contributed by atoms with E-state index in [1.807, 2.05) is 25.1 Å². The van der Waals surface area contributed by atoms with Crippen molar-refractivity contribution in [3.05, 3.63) is 41.6 Å². The first-order valence-electron chi connectivity index (χ1n) is 4.36. The average Bonchev–Trinajstić information content (AvgIpc) is 2.17. The molecule has 0 fully saturated rings. The summed E-state index contributed by atoms with van der Waals surface area (Å²) < 4.78 is 0. The van der Waals surface area contributed by atoms with Crippen LogP contribution >= 0.6 is 24.8 Å². The van der Waals surface area contributed by atoms with Crippen molar-refractivity contribution in [2.45, 2.75) is 13.5 Å². The number of halogens is 2. The lowest BCUT2D eigenvalue weighted by atomic mass is 10.1. The molecule has 0 aliphatic carbocycles. The highest BCUT2D eigenvalue weighted by Gasteiger charge is 1.99. The van der Waals surface area contributed by atoms with Crippen molar-refractivity contribution in [3.8, 4) is 0 Å². The fourth-order valence-electron chi connectivity index (χ4n) is 1.47. The zero-order valence-electron chi connectivity index (χ0n) is 8.43. The molecule has 82 valence electrons. The van der Waals surface area contributed by atoms with Crippen molar-refractivity contribution in [1.29, 1.82) is 0 Å². The van der Waals surface area contributed by atoms with Gasteiger partial charge in [0.15, 0.2) is 0 Å². The topological polar surface area (TPSA) is 38.9 Å². The number of pyridine rings is 1. The van der Waals surface area contributed by atoms with Gasteiger partial charge in [0.1, 0.15) is 0 Å². The third-order valence-electron chi connectivity index (χ3n) is 2.16. The Morgan fingerprint density at radius 1 is 1.13 bits per heavy atom. The molecule has 2 aromatic rings. The molecule has 0 amide bonds. The van der Waals surface area contributed by atoms with Crippen LogP contribution in [0.1, 0.15) is 11.3 Å². The van der Waals surface area contributed by atoms with E-state index >= 15 is 0 Å². The molecule has 2 N–H and O–H groups in total. The second-order valence-electron chi connectivity index (χ2n) is 3.15. The van der Waals surface area contributed by atoms with Gasteiger partial charge < -0.3 is 5.73 Å². The van der Waals surface area contributed by atoms with Gasteiger partial charge in [0.25, 0.3) is 0 Å². The summed E-state index contributed by atoms with van der Waals surface area (Å²) >= 11 is 0. The number of para-hydroxylation sites is 1. The molecule has 0 aliphatic rings. The quantitative estimate of drug-likeness (QED) is 0.838. The summed E-state index contributed by atoms with van der Waals surface area (Å²) in [6.07, 6.45) is 0. The van der Waals surface area contributed by atoms with Crippen molar-refractivity contribution < 1.29 is 0 Å². The van der Waals surface area contributed by atoms with E-state index in [4.69, 9.17) is 5.73 Å². The van der Waals surface area contributed by atoms with Crippen molar-refractivity contribution in [3.63, 3.8) is 0 Å². The van der Waals surface area contributed by atoms with E-state index < -0.39 is 0 Å². The second-order valence-corrected chi connectivity index (χ2v) is 3.15. The fourth-order valence-corrected chi connectivity index (χ4v) is 1.47. The van der Waals surface area contributed by atoms with Gasteiger partial charge >= 0.3 is 0 Å². The van der Waals surface area contributed by atoms with Crippen molar-refractivity contribution >= 4 is 35.7 Å². The molecule has 1 aromatic carbocycles. The molecule has 2 rings (SSSR count). The molecule has 0 saturated heterocycles. The number of hydrogen-bond acceptors (Lipinski definition) is 2. The molecule has 0 radical (unpaired) electrons. The predicted molar refractivity (Wildman–Crippen MR) is 68.9 cm³/mol. The molecule has 0 spiro atoms. The SMILES string of the molecule is Cc1ccc2cccc(CN)c2n1.Cl.Cl. The first kappa shape index (κ1) is 14.2. The highest BCUT2D eigenvalue weighted by Crippen LogP contribution is 2.16. The summed E-state index contributed by atoms with van der Waals surface area (Å²) in [5.74, 6) is 0. The third kappa shape index (κ3) is 2.81. The smallest absolute Gasteiger partial charge is 0.0749 e. The largest absolute Gasteiger partial charge is 0.326 e. The van der Waals surface area contributed by atoms with E-state index in [1.165, 1.54) is 0 Å². The van der Waals surface area contributed by atoms with Crippen LogP contribution in [0.15, 0.2) is 30.3 Å². The van der Waals surface area contributed by atoms with Crippen molar-refractivity contribution in [2.24, 2.45) is 5.73 Å². The van der Waals surface area contributed by atoms with Crippen LogP contribution in [-0.2, 0) is 6.54 Å². The fraction of sp³-hybridized carbons (Fsp3) is 0.182. The molecule has 0 aliphatic heterocycles. The standard InChI is InChI=1S/C11H12N2.2ClH/c1-8-5-6-9-3-2-4-10(7-12)11(9)13-8;;/h2-6H,7,12H2,1H3;2*1H. The second kappa shape index (κ2) is 5.91. The Kier molecular flexibility index (Phi) is 5.58. The van der Waals surface area contributed by atoms with Gasteiger partial charge in [-0.2, -0.15) is 0 Å². The molecule has 1 heterocycles. The molecule has 0 saturated carbocycles. The minimum atomic E-state index is 0. The molecular weight excluding hydrogens is 231 g/mol. The Bertz CT molecular complexity index is 444. The van der Waals surface area contributed by atoms with Gasteiger partial charge in [0.2, 0.25) is 0 Å². The van der Waals surface area contributed by atoms with Gasteiger partial charge in [-0.15, -0.1) is 24.8 Å². The van der Waals surface area contributed by atoms with Crippen molar-refractivity contribution in [2.75, 3.05) is 0 Å². The zero-order chi connectivity index (χ0) is 9.26. The lowest BCUT2D eigenvalue weighted by Crippen LogP contribution is -1.98. The van der Waals surface area contributed by atoms with E-state index in [9.17, 15) is 0 Å². The maximum absolute atomic E-state index is 5.63. The lowest BCUT2D eigenvalue weighted by molar-refractivity contribution is 1.07. The van der Waals surface area contributed by atoms with Crippen LogP contribution in [0.2, 0.25) is 0 Å². The van der Waals surface area contributed by atoms with Gasteiger partial charge in [-0.25, -0.2) is 0 Å². The van der Waals surface area contributed by atoms with Crippen LogP contribution in [0.5, 0.6) is 0 Å². The van der Waals surface area contributed by atoms with Gasteiger partial charge in [-0.3, -0.25) is 4.98 Å². The van der Waals surface area contributed by atoms with Crippen LogP contribution in [0.25, 0.3) is 10.9 Å². The maximum atomic E-state index is 5.63. The number of aryl methyl sites for hydroxylation is 1. The van der Waals surface area contributed by atoms with Gasteiger partial charge in [0, 0.05) is 17.6 Å². The van der Waals surface area contributed by atoms with Crippen LogP contribution < -0.4 is 5.73 Å². The number of hydrogen-bond donors (Lipinski definition) is 1. The number of nitrogens with two attached hydrogens (primary N) is 1. The molecular formula is C11H14Cl2N2. The van der Waals surface area contributed by atoms with E-state index in [2.05, 4.69) is 17.1 Å². The number of fused-ring (bicyclic) bond motifs is 1. The minimum absolute atomic E-state index is 0. The highest BCUT2D eigenvalue weighted by molar-refractivity contribution is 5.85. The number of benzene rings is 1. The highest BCUT2D eigenvalue weighted by atomic mass is 35.5. The molecule has 15 heavy (non-hydrogen) atoms. The normalized spacial score (nSPS) is 9.20. The molecule has 0 unspecified atom stereocenters. The molecule has 0 atom stereocenters. The monoisotopic (exact) mass is 244 g/mol. The average molecular weight is 245 g/mol. The van der Waals surface area contributed by atoms with Crippen molar-refractivity contribution in [1.82, 2.24) is 4.98 Å². The van der Waals surface area contributed by atoms with Crippen LogP contribution in [-0.4, -0.2) is 4.98 Å². The lowest BCUT2D eigenvalue weighted by Gasteiger charge is -2.03. The Balaban J connectivity index is 0.000000980. The van der Waals surface area contributed by atoms with Gasteiger partial charge in [0.05, 0.1) is 5.52 Å². The van der Waals surface area contributed by atoms with Crippen LogP contribution in [0, 0.1) is 6.92 Å². The summed E-state index contributed by atoms with van der Waals surface area (Å²) in [7, 11) is 0. The van der Waals surface area contributed by atoms with Crippen LogP contribution in [0.4, 0.5) is 0 Å². The molecule has 2 nitrogen and oxygen atoms in total. The minimum Gasteiger partial charge on any atom is -0.326 e. The first-order valence-corrected chi connectivity index (χ1v) is 4.36. The Morgan fingerprint density at radius 2 is 1.87 bits per heavy atom. The van der Waals surface area contributed by atoms with E-state index in [0.717, 1.165) is 22.2 Å². The van der Waals surface area contributed by atoms with E-state index in [1.54, 1.807) is 0 Å². The number of rotatable bonds is 1. The number of nitrogens with zero attached hydrogens (tertiary/aromatic N) is 1. The molecule has 4 heteroatoms. The Hall–Kier alpha value is -0.830. The van der Waals surface area contributed by atoms with Gasteiger partial charge in [-0.1, -0.05) is 24.3 Å². The maximum Gasteiger partial charge on any atom is 0.0749 e. The zero-order valence-corrected chi connectivity index (χ0v) is 10.1. The number of aromatic nitrogens is 1. The molecule has 0 bridgehead atoms. The summed E-state index contributed by atoms with van der Waals surface area (Å²) in [4.78, 5) is 4.47. The summed E-state index contributed by atoms with van der Waals surface area (Å²) in [6.45, 7) is 2.54. The Morgan fingerprint density at radius 3 is 2.53 bits per heavy atom. The van der Waals surface area contributed by atoms with E-state index in [0.29, 0.717) is 6.54 Å². The summed E-state index contributed by atoms with van der Waals surface area (Å²) in [6, 6.07) is 10.2. The summed E-state index contributed by atoms with van der Waals surface area (Å²) in [5, 5.41) is 1.16. The summed E-state index contributed by atoms with van der Waals surface area (Å²) in [5.41, 5.74) is 8.81.